The van der Waals surface area contributed by atoms with Crippen molar-refractivity contribution in [2.45, 2.75) is 6.92 Å². The molecule has 0 fully saturated rings. The summed E-state index contributed by atoms with van der Waals surface area (Å²) in [5.41, 5.74) is 4.19. The lowest BCUT2D eigenvalue weighted by molar-refractivity contribution is 0.0952. The number of phenols is 1. The van der Waals surface area contributed by atoms with Gasteiger partial charge < -0.3 is 14.6 Å². The molecule has 0 saturated carbocycles. The van der Waals surface area contributed by atoms with Crippen LogP contribution < -0.4 is 14.9 Å². The van der Waals surface area contributed by atoms with Crippen molar-refractivity contribution in [3.05, 3.63) is 53.6 Å². The maximum absolute atomic E-state index is 12.2. The minimum absolute atomic E-state index is 0.0436. The van der Waals surface area contributed by atoms with E-state index in [2.05, 4.69) is 10.5 Å². The van der Waals surface area contributed by atoms with E-state index in [1.807, 2.05) is 0 Å². The van der Waals surface area contributed by atoms with E-state index in [0.29, 0.717) is 22.8 Å². The van der Waals surface area contributed by atoms with Crippen molar-refractivity contribution >= 4 is 11.6 Å². The first-order chi connectivity index (χ1) is 11.1. The number of amides is 1. The SMILES string of the molecule is COc1cc(/C(C)=N/NC(=O)c2ccccc2OC)ccc1O. The number of rotatable bonds is 5. The molecule has 0 unspecified atom stereocenters. The monoisotopic (exact) mass is 314 g/mol. The second-order valence-corrected chi connectivity index (χ2v) is 4.73. The molecule has 0 heterocycles. The lowest BCUT2D eigenvalue weighted by Gasteiger charge is -2.08. The zero-order chi connectivity index (χ0) is 16.8. The highest BCUT2D eigenvalue weighted by Crippen LogP contribution is 2.26. The average Bonchev–Trinajstić information content (AvgIpc) is 2.59. The van der Waals surface area contributed by atoms with Gasteiger partial charge in [0.2, 0.25) is 0 Å². The van der Waals surface area contributed by atoms with Crippen molar-refractivity contribution in [3.63, 3.8) is 0 Å². The zero-order valence-corrected chi connectivity index (χ0v) is 13.2. The Bertz CT molecular complexity index is 741. The fourth-order valence-corrected chi connectivity index (χ4v) is 1.99. The summed E-state index contributed by atoms with van der Waals surface area (Å²) in [6, 6.07) is 11.7. The van der Waals surface area contributed by atoms with E-state index in [-0.39, 0.29) is 11.7 Å². The van der Waals surface area contributed by atoms with Gasteiger partial charge in [-0.25, -0.2) is 5.43 Å². The molecule has 2 aromatic rings. The van der Waals surface area contributed by atoms with Crippen molar-refractivity contribution in [2.24, 2.45) is 5.10 Å². The van der Waals surface area contributed by atoms with Gasteiger partial charge in [-0.2, -0.15) is 5.10 Å². The highest BCUT2D eigenvalue weighted by Gasteiger charge is 2.11. The molecule has 0 atom stereocenters. The molecule has 120 valence electrons. The van der Waals surface area contributed by atoms with Crippen molar-refractivity contribution in [3.8, 4) is 17.2 Å². The molecule has 1 amide bonds. The Morgan fingerprint density at radius 3 is 2.48 bits per heavy atom. The van der Waals surface area contributed by atoms with Crippen LogP contribution in [-0.4, -0.2) is 30.9 Å². The van der Waals surface area contributed by atoms with Crippen molar-refractivity contribution < 1.29 is 19.4 Å². The Morgan fingerprint density at radius 2 is 1.78 bits per heavy atom. The zero-order valence-electron chi connectivity index (χ0n) is 13.2. The van der Waals surface area contributed by atoms with Gasteiger partial charge in [-0.05, 0) is 37.3 Å². The number of aromatic hydroxyl groups is 1. The number of carbonyl (C=O) groups is 1. The van der Waals surface area contributed by atoms with Crippen LogP contribution in [0, 0.1) is 0 Å². The molecule has 2 N–H and O–H groups in total. The number of carbonyl (C=O) groups excluding carboxylic acids is 1. The number of ether oxygens (including phenoxy) is 2. The number of hydrazone groups is 1. The Balaban J connectivity index is 2.17. The lowest BCUT2D eigenvalue weighted by Crippen LogP contribution is -2.20. The van der Waals surface area contributed by atoms with Gasteiger partial charge >= 0.3 is 0 Å². The lowest BCUT2D eigenvalue weighted by atomic mass is 10.1. The van der Waals surface area contributed by atoms with Crippen molar-refractivity contribution in [2.75, 3.05) is 14.2 Å². The van der Waals surface area contributed by atoms with Crippen LogP contribution >= 0.6 is 0 Å². The molecule has 0 spiro atoms. The normalized spacial score (nSPS) is 11.0. The Labute approximate surface area is 134 Å². The highest BCUT2D eigenvalue weighted by atomic mass is 16.5. The Morgan fingerprint density at radius 1 is 1.09 bits per heavy atom. The molecular weight excluding hydrogens is 296 g/mol. The maximum Gasteiger partial charge on any atom is 0.275 e. The first-order valence-electron chi connectivity index (χ1n) is 6.92. The fourth-order valence-electron chi connectivity index (χ4n) is 1.99. The Hall–Kier alpha value is -3.02. The molecule has 0 radical (unpaired) electrons. The molecule has 2 aromatic carbocycles. The number of hydrogen-bond acceptors (Lipinski definition) is 5. The van der Waals surface area contributed by atoms with E-state index in [0.717, 1.165) is 5.56 Å². The van der Waals surface area contributed by atoms with Crippen molar-refractivity contribution in [1.29, 1.82) is 0 Å². The minimum Gasteiger partial charge on any atom is -0.504 e. The summed E-state index contributed by atoms with van der Waals surface area (Å²) in [6.07, 6.45) is 0. The van der Waals surface area contributed by atoms with Gasteiger partial charge in [-0.3, -0.25) is 4.79 Å². The van der Waals surface area contributed by atoms with Gasteiger partial charge in [0.25, 0.3) is 5.91 Å². The third-order valence-corrected chi connectivity index (χ3v) is 3.27. The number of phenolic OH excluding ortho intramolecular Hbond substituents is 1. The number of benzene rings is 2. The van der Waals surface area contributed by atoms with E-state index in [1.165, 1.54) is 20.3 Å². The maximum atomic E-state index is 12.2. The predicted molar refractivity (Wildman–Crippen MR) is 87.3 cm³/mol. The van der Waals surface area contributed by atoms with Gasteiger partial charge in [0.1, 0.15) is 5.75 Å². The molecule has 6 nitrogen and oxygen atoms in total. The minimum atomic E-state index is -0.368. The molecule has 0 aliphatic rings. The van der Waals surface area contributed by atoms with Crippen LogP contribution in [0.15, 0.2) is 47.6 Å². The molecule has 0 aromatic heterocycles. The number of nitrogens with one attached hydrogen (secondary N) is 1. The van der Waals surface area contributed by atoms with Crippen molar-refractivity contribution in [1.82, 2.24) is 5.43 Å². The third-order valence-electron chi connectivity index (χ3n) is 3.27. The van der Waals surface area contributed by atoms with E-state index in [9.17, 15) is 9.90 Å². The number of nitrogens with zero attached hydrogens (tertiary/aromatic N) is 1. The molecule has 0 saturated heterocycles. The van der Waals surface area contributed by atoms with Gasteiger partial charge in [-0.1, -0.05) is 12.1 Å². The second-order valence-electron chi connectivity index (χ2n) is 4.73. The largest absolute Gasteiger partial charge is 0.504 e. The quantitative estimate of drug-likeness (QED) is 0.656. The molecule has 2 rings (SSSR count). The van der Waals surface area contributed by atoms with E-state index >= 15 is 0 Å². The standard InChI is InChI=1S/C17H18N2O4/c1-11(12-8-9-14(20)16(10-12)23-3)18-19-17(21)13-6-4-5-7-15(13)22-2/h4-10,20H,1-3H3,(H,19,21)/b18-11+. The molecule has 0 aliphatic heterocycles. The predicted octanol–water partition coefficient (Wildman–Crippen LogP) is 2.56. The summed E-state index contributed by atoms with van der Waals surface area (Å²) in [6.45, 7) is 1.74. The van der Waals surface area contributed by atoms with Crippen LogP contribution in [0.25, 0.3) is 0 Å². The molecule has 6 heteroatoms. The van der Waals surface area contributed by atoms with Crippen LogP contribution in [-0.2, 0) is 0 Å². The molecular formula is C17H18N2O4. The first kappa shape index (κ1) is 16.4. The number of hydrogen-bond donors (Lipinski definition) is 2. The van der Waals surface area contributed by atoms with Crippen LogP contribution in [0.1, 0.15) is 22.8 Å². The summed E-state index contributed by atoms with van der Waals surface area (Å²) in [5, 5.41) is 13.7. The summed E-state index contributed by atoms with van der Waals surface area (Å²) in [7, 11) is 2.97. The van der Waals surface area contributed by atoms with Crippen LogP contribution in [0.5, 0.6) is 17.2 Å². The van der Waals surface area contributed by atoms with Crippen LogP contribution in [0.2, 0.25) is 0 Å². The first-order valence-corrected chi connectivity index (χ1v) is 6.92. The summed E-state index contributed by atoms with van der Waals surface area (Å²) >= 11 is 0. The van der Waals surface area contributed by atoms with E-state index < -0.39 is 0 Å². The second kappa shape index (κ2) is 7.31. The van der Waals surface area contributed by atoms with Gasteiger partial charge in [-0.15, -0.1) is 0 Å². The number of methoxy groups -OCH3 is 2. The highest BCUT2D eigenvalue weighted by molar-refractivity contribution is 6.02. The molecule has 0 bridgehead atoms. The topological polar surface area (TPSA) is 80.2 Å². The van der Waals surface area contributed by atoms with Gasteiger partial charge in [0.15, 0.2) is 11.5 Å². The summed E-state index contributed by atoms with van der Waals surface area (Å²) < 4.78 is 10.2. The number of para-hydroxylation sites is 1. The third kappa shape index (κ3) is 3.79. The Kier molecular flexibility index (Phi) is 5.19. The fraction of sp³-hybridized carbons (Fsp3) is 0.176. The summed E-state index contributed by atoms with van der Waals surface area (Å²) in [4.78, 5) is 12.2. The molecule has 0 aliphatic carbocycles. The van der Waals surface area contributed by atoms with Gasteiger partial charge in [0.05, 0.1) is 25.5 Å². The van der Waals surface area contributed by atoms with Crippen LogP contribution in [0.3, 0.4) is 0 Å². The average molecular weight is 314 g/mol. The molecule has 23 heavy (non-hydrogen) atoms. The van der Waals surface area contributed by atoms with E-state index in [1.54, 1.807) is 43.3 Å². The summed E-state index contributed by atoms with van der Waals surface area (Å²) in [5.74, 6) is 0.493. The smallest absolute Gasteiger partial charge is 0.275 e. The van der Waals surface area contributed by atoms with Gasteiger partial charge in [0, 0.05) is 5.56 Å². The van der Waals surface area contributed by atoms with E-state index in [4.69, 9.17) is 9.47 Å². The van der Waals surface area contributed by atoms with Crippen LogP contribution in [0.4, 0.5) is 0 Å².